The van der Waals surface area contributed by atoms with Gasteiger partial charge in [-0.1, -0.05) is 54.1 Å². The van der Waals surface area contributed by atoms with Gasteiger partial charge in [0.2, 0.25) is 0 Å². The van der Waals surface area contributed by atoms with Gasteiger partial charge in [-0.25, -0.2) is 4.39 Å². The summed E-state index contributed by atoms with van der Waals surface area (Å²) in [5, 5.41) is 3.43. The summed E-state index contributed by atoms with van der Waals surface area (Å²) < 4.78 is 14.6. The van der Waals surface area contributed by atoms with Crippen molar-refractivity contribution in [3.63, 3.8) is 0 Å². The first kappa shape index (κ1) is 25.7. The number of hydrogen-bond acceptors (Lipinski definition) is 3. The Labute approximate surface area is 227 Å². The molecule has 0 saturated carbocycles. The minimum Gasteiger partial charge on any atom is -0.398 e. The number of halogens is 3. The number of nitrogens with zero attached hydrogens (tertiary/aromatic N) is 1. The van der Waals surface area contributed by atoms with E-state index in [2.05, 4.69) is 27.9 Å². The third kappa shape index (κ3) is 6.22. The van der Waals surface area contributed by atoms with Crippen LogP contribution in [0.3, 0.4) is 0 Å². The van der Waals surface area contributed by atoms with E-state index in [1.165, 1.54) is 29.2 Å². The van der Waals surface area contributed by atoms with Gasteiger partial charge < -0.3 is 16.0 Å². The fraction of sp³-hybridized carbons (Fsp3) is 0.0714. The van der Waals surface area contributed by atoms with E-state index in [0.29, 0.717) is 22.0 Å². The van der Waals surface area contributed by atoms with Gasteiger partial charge in [0.25, 0.3) is 11.8 Å². The molecule has 0 aromatic heterocycles. The number of carbonyl (C=O) groups excluding carboxylic acids is 2. The van der Waals surface area contributed by atoms with Crippen LogP contribution in [0.15, 0.2) is 97.1 Å². The molecule has 0 aliphatic heterocycles. The summed E-state index contributed by atoms with van der Waals surface area (Å²) in [5.74, 6) is -1.32. The van der Waals surface area contributed by atoms with E-state index in [9.17, 15) is 14.0 Å². The first-order valence-electron chi connectivity index (χ1n) is 11.0. The molecule has 0 spiro atoms. The number of hydrogen-bond donors (Lipinski definition) is 2. The van der Waals surface area contributed by atoms with E-state index in [1.807, 2.05) is 6.07 Å². The van der Waals surface area contributed by atoms with Gasteiger partial charge in [0.05, 0.1) is 5.56 Å². The summed E-state index contributed by atoms with van der Waals surface area (Å²) >= 11 is 8.17. The molecular weight excluding hydrogens is 592 g/mol. The van der Waals surface area contributed by atoms with Crippen LogP contribution < -0.4 is 11.1 Å². The lowest BCUT2D eigenvalue weighted by Gasteiger charge is -2.32. The van der Waals surface area contributed by atoms with Gasteiger partial charge in [0.15, 0.2) is 0 Å². The summed E-state index contributed by atoms with van der Waals surface area (Å²) in [5.41, 5.74) is 8.54. The van der Waals surface area contributed by atoms with Crippen LogP contribution in [-0.4, -0.2) is 16.7 Å². The maximum absolute atomic E-state index is 14.0. The molecule has 4 aromatic carbocycles. The van der Waals surface area contributed by atoms with Crippen molar-refractivity contribution in [2.45, 2.75) is 12.6 Å². The summed E-state index contributed by atoms with van der Waals surface area (Å²) in [4.78, 5) is 29.2. The third-order valence-electron chi connectivity index (χ3n) is 5.56. The Morgan fingerprint density at radius 2 is 1.61 bits per heavy atom. The second-order valence-electron chi connectivity index (χ2n) is 8.10. The molecule has 8 heteroatoms. The molecule has 0 aliphatic rings. The highest BCUT2D eigenvalue weighted by atomic mass is 127. The molecule has 1 unspecified atom stereocenters. The number of rotatable bonds is 7. The SMILES string of the molecule is Nc1ccc(I)cc1C(=O)N(Cc1ccc(Cl)cc1)C(C(=O)Nc1ccccc1)c1ccc(F)cc1. The lowest BCUT2D eigenvalue weighted by molar-refractivity contribution is -0.121. The fourth-order valence-corrected chi connectivity index (χ4v) is 4.40. The first-order chi connectivity index (χ1) is 17.3. The standard InChI is InChI=1S/C28H22ClFIN3O2/c29-20-10-6-18(7-11-20)17-34(28(36)24-16-22(31)14-15-25(24)32)26(19-8-12-21(30)13-9-19)27(35)33-23-4-2-1-3-5-23/h1-16,26H,17,32H2,(H,33,35). The maximum atomic E-state index is 14.0. The minimum atomic E-state index is -1.08. The monoisotopic (exact) mass is 613 g/mol. The molecule has 36 heavy (non-hydrogen) atoms. The van der Waals surface area contributed by atoms with Crippen LogP contribution >= 0.6 is 34.2 Å². The lowest BCUT2D eigenvalue weighted by atomic mass is 10.0. The van der Waals surface area contributed by atoms with E-state index in [1.54, 1.807) is 66.7 Å². The molecule has 4 aromatic rings. The van der Waals surface area contributed by atoms with Crippen LogP contribution in [-0.2, 0) is 11.3 Å². The predicted molar refractivity (Wildman–Crippen MR) is 149 cm³/mol. The van der Waals surface area contributed by atoms with E-state index in [4.69, 9.17) is 17.3 Å². The highest BCUT2D eigenvalue weighted by Crippen LogP contribution is 2.29. The van der Waals surface area contributed by atoms with Gasteiger partial charge in [-0.3, -0.25) is 9.59 Å². The molecule has 5 nitrogen and oxygen atoms in total. The number of anilines is 2. The first-order valence-corrected chi connectivity index (χ1v) is 12.5. The number of amides is 2. The summed E-state index contributed by atoms with van der Waals surface area (Å²) in [6.45, 7) is 0.0885. The molecule has 0 saturated heterocycles. The van der Waals surface area contributed by atoms with E-state index >= 15 is 0 Å². The second kappa shape index (κ2) is 11.5. The van der Waals surface area contributed by atoms with Crippen LogP contribution in [0.25, 0.3) is 0 Å². The van der Waals surface area contributed by atoms with Crippen molar-refractivity contribution in [3.05, 3.63) is 128 Å². The van der Waals surface area contributed by atoms with E-state index < -0.39 is 23.7 Å². The van der Waals surface area contributed by atoms with Gasteiger partial charge in [-0.15, -0.1) is 0 Å². The molecule has 3 N–H and O–H groups in total. The smallest absolute Gasteiger partial charge is 0.257 e. The number of nitrogens with two attached hydrogens (primary N) is 1. The average Bonchev–Trinajstić information content (AvgIpc) is 2.87. The fourth-order valence-electron chi connectivity index (χ4n) is 3.79. The van der Waals surface area contributed by atoms with Crippen molar-refractivity contribution in [2.24, 2.45) is 0 Å². The zero-order chi connectivity index (χ0) is 25.7. The number of nitrogens with one attached hydrogen (secondary N) is 1. The van der Waals surface area contributed by atoms with Crippen molar-refractivity contribution < 1.29 is 14.0 Å². The summed E-state index contributed by atoms with van der Waals surface area (Å²) in [6, 6.07) is 25.6. The minimum absolute atomic E-state index is 0.0885. The van der Waals surface area contributed by atoms with Gasteiger partial charge in [0.1, 0.15) is 11.9 Å². The number of nitrogen functional groups attached to an aromatic ring is 1. The third-order valence-corrected chi connectivity index (χ3v) is 6.48. The van der Waals surface area contributed by atoms with Crippen molar-refractivity contribution in [1.29, 1.82) is 0 Å². The quantitative estimate of drug-likeness (QED) is 0.180. The van der Waals surface area contributed by atoms with Crippen LogP contribution in [0.1, 0.15) is 27.5 Å². The molecule has 0 heterocycles. The van der Waals surface area contributed by atoms with Gasteiger partial charge in [-0.2, -0.15) is 0 Å². The Hall–Kier alpha value is -3.43. The Morgan fingerprint density at radius 1 is 0.944 bits per heavy atom. The predicted octanol–water partition coefficient (Wildman–Crippen LogP) is 6.69. The Bertz CT molecular complexity index is 1370. The molecule has 0 radical (unpaired) electrons. The molecular formula is C28H22ClFIN3O2. The van der Waals surface area contributed by atoms with E-state index in [0.717, 1.165) is 9.13 Å². The average molecular weight is 614 g/mol. The van der Waals surface area contributed by atoms with E-state index in [-0.39, 0.29) is 12.1 Å². The topological polar surface area (TPSA) is 75.4 Å². The molecule has 0 bridgehead atoms. The highest BCUT2D eigenvalue weighted by molar-refractivity contribution is 14.1. The Morgan fingerprint density at radius 3 is 2.28 bits per heavy atom. The van der Waals surface area contributed by atoms with Crippen LogP contribution in [0.2, 0.25) is 5.02 Å². The lowest BCUT2D eigenvalue weighted by Crippen LogP contribution is -2.41. The van der Waals surface area contributed by atoms with Gasteiger partial charge in [0, 0.05) is 26.5 Å². The zero-order valence-corrected chi connectivity index (χ0v) is 21.9. The Kier molecular flexibility index (Phi) is 8.22. The number of benzene rings is 4. The number of para-hydroxylation sites is 1. The van der Waals surface area contributed by atoms with Crippen LogP contribution in [0, 0.1) is 9.39 Å². The summed E-state index contributed by atoms with van der Waals surface area (Å²) in [6.07, 6.45) is 0. The molecule has 2 amide bonds. The number of carbonyl (C=O) groups is 2. The molecule has 182 valence electrons. The second-order valence-corrected chi connectivity index (χ2v) is 9.78. The van der Waals surface area contributed by atoms with Crippen molar-refractivity contribution in [3.8, 4) is 0 Å². The van der Waals surface area contributed by atoms with Crippen molar-refractivity contribution in [1.82, 2.24) is 4.90 Å². The molecule has 1 atom stereocenters. The van der Waals surface area contributed by atoms with Crippen LogP contribution in [0.5, 0.6) is 0 Å². The van der Waals surface area contributed by atoms with Crippen LogP contribution in [0.4, 0.5) is 15.8 Å². The molecule has 0 fully saturated rings. The summed E-state index contributed by atoms with van der Waals surface area (Å²) in [7, 11) is 0. The highest BCUT2D eigenvalue weighted by Gasteiger charge is 2.33. The largest absolute Gasteiger partial charge is 0.398 e. The Balaban J connectivity index is 1.82. The van der Waals surface area contributed by atoms with Crippen molar-refractivity contribution >= 4 is 57.4 Å². The van der Waals surface area contributed by atoms with Gasteiger partial charge >= 0.3 is 0 Å². The maximum Gasteiger partial charge on any atom is 0.257 e. The van der Waals surface area contributed by atoms with Gasteiger partial charge in [-0.05, 0) is 88.3 Å². The zero-order valence-electron chi connectivity index (χ0n) is 19.0. The molecule has 0 aliphatic carbocycles. The molecule has 4 rings (SSSR count). The van der Waals surface area contributed by atoms with Crippen molar-refractivity contribution in [2.75, 3.05) is 11.1 Å². The normalized spacial score (nSPS) is 11.5.